The Morgan fingerprint density at radius 1 is 1.25 bits per heavy atom. The zero-order valence-corrected chi connectivity index (χ0v) is 13.7. The molecule has 0 aliphatic carbocycles. The Kier molecular flexibility index (Phi) is 3.63. The van der Waals surface area contributed by atoms with E-state index in [9.17, 15) is 4.79 Å². The van der Waals surface area contributed by atoms with Gasteiger partial charge < -0.3 is 13.9 Å². The van der Waals surface area contributed by atoms with Crippen LogP contribution < -0.4 is 0 Å². The molecule has 0 saturated heterocycles. The van der Waals surface area contributed by atoms with Crippen molar-refractivity contribution in [1.82, 2.24) is 4.98 Å². The van der Waals surface area contributed by atoms with E-state index in [1.807, 2.05) is 29.6 Å². The van der Waals surface area contributed by atoms with Crippen molar-refractivity contribution < 1.29 is 18.7 Å². The molecule has 5 nitrogen and oxygen atoms in total. The van der Waals surface area contributed by atoms with Crippen LogP contribution in [0.2, 0.25) is 4.34 Å². The number of aliphatic carboxylic acids is 1. The number of furan rings is 1. The van der Waals surface area contributed by atoms with E-state index in [-0.39, 0.29) is 6.42 Å². The Balaban J connectivity index is 1.83. The average Bonchev–Trinajstić information content (AvgIpc) is 3.24. The van der Waals surface area contributed by atoms with Crippen LogP contribution in [-0.4, -0.2) is 16.1 Å². The molecule has 4 aromatic rings. The molecule has 3 heterocycles. The van der Waals surface area contributed by atoms with E-state index in [1.54, 1.807) is 12.3 Å². The Morgan fingerprint density at radius 2 is 2.12 bits per heavy atom. The van der Waals surface area contributed by atoms with Crippen LogP contribution in [0.1, 0.15) is 5.69 Å². The molecule has 0 aliphatic heterocycles. The van der Waals surface area contributed by atoms with Crippen molar-refractivity contribution in [3.05, 3.63) is 52.0 Å². The molecule has 7 heteroatoms. The highest BCUT2D eigenvalue weighted by Crippen LogP contribution is 2.35. The largest absolute Gasteiger partial charge is 0.481 e. The lowest BCUT2D eigenvalue weighted by Crippen LogP contribution is -2.01. The third-order valence-electron chi connectivity index (χ3n) is 3.55. The quantitative estimate of drug-likeness (QED) is 0.548. The van der Waals surface area contributed by atoms with Gasteiger partial charge in [-0.15, -0.1) is 11.3 Å². The van der Waals surface area contributed by atoms with Crippen molar-refractivity contribution in [2.45, 2.75) is 6.42 Å². The van der Waals surface area contributed by atoms with Gasteiger partial charge in [-0.2, -0.15) is 0 Å². The summed E-state index contributed by atoms with van der Waals surface area (Å²) in [4.78, 5) is 15.5. The normalized spacial score (nSPS) is 11.2. The maximum absolute atomic E-state index is 11.1. The third kappa shape index (κ3) is 2.70. The summed E-state index contributed by atoms with van der Waals surface area (Å²) in [6, 6.07) is 9.12. The zero-order chi connectivity index (χ0) is 16.7. The second-order valence-corrected chi connectivity index (χ2v) is 6.72. The Hall–Kier alpha value is -2.57. The molecule has 0 amide bonds. The minimum atomic E-state index is -0.970. The summed E-state index contributed by atoms with van der Waals surface area (Å²) >= 11 is 7.33. The summed E-state index contributed by atoms with van der Waals surface area (Å²) in [5.41, 5.74) is 2.62. The van der Waals surface area contributed by atoms with Gasteiger partial charge in [-0.05, 0) is 30.3 Å². The van der Waals surface area contributed by atoms with E-state index < -0.39 is 5.97 Å². The number of benzene rings is 1. The van der Waals surface area contributed by atoms with Crippen LogP contribution in [0.15, 0.2) is 50.8 Å². The van der Waals surface area contributed by atoms with Crippen LogP contribution in [0.25, 0.3) is 33.7 Å². The van der Waals surface area contributed by atoms with Crippen molar-refractivity contribution in [2.24, 2.45) is 0 Å². The average molecular weight is 360 g/mol. The summed E-state index contributed by atoms with van der Waals surface area (Å²) in [5.74, 6) is -0.169. The maximum atomic E-state index is 11.1. The zero-order valence-electron chi connectivity index (χ0n) is 12.2. The van der Waals surface area contributed by atoms with Gasteiger partial charge in [0.15, 0.2) is 5.76 Å². The van der Waals surface area contributed by atoms with Crippen molar-refractivity contribution in [1.29, 1.82) is 0 Å². The molecule has 1 N–H and O–H groups in total. The molecule has 120 valence electrons. The SMILES string of the molecule is O=C(O)Cc1nc(-c2ccc3occc3c2)oc1-c1csc(Cl)c1. The van der Waals surface area contributed by atoms with E-state index in [0.717, 1.165) is 22.1 Å². The number of rotatable bonds is 4. The Bertz CT molecular complexity index is 1050. The van der Waals surface area contributed by atoms with E-state index in [2.05, 4.69) is 4.98 Å². The molecule has 0 atom stereocenters. The number of carboxylic acid groups (broad SMARTS) is 1. The van der Waals surface area contributed by atoms with Crippen molar-refractivity contribution >= 4 is 39.9 Å². The van der Waals surface area contributed by atoms with Gasteiger partial charge in [0.25, 0.3) is 0 Å². The number of oxazole rings is 1. The van der Waals surface area contributed by atoms with Crippen LogP contribution >= 0.6 is 22.9 Å². The first-order valence-corrected chi connectivity index (χ1v) is 8.29. The fourth-order valence-electron chi connectivity index (χ4n) is 2.49. The van der Waals surface area contributed by atoms with Gasteiger partial charge in [0.2, 0.25) is 5.89 Å². The van der Waals surface area contributed by atoms with E-state index in [1.165, 1.54) is 11.3 Å². The fourth-order valence-corrected chi connectivity index (χ4v) is 3.35. The first-order valence-electron chi connectivity index (χ1n) is 7.04. The molecule has 0 saturated carbocycles. The number of hydrogen-bond donors (Lipinski definition) is 1. The van der Waals surface area contributed by atoms with Crippen molar-refractivity contribution in [2.75, 3.05) is 0 Å². The van der Waals surface area contributed by atoms with E-state index in [4.69, 9.17) is 25.5 Å². The minimum absolute atomic E-state index is 0.222. The van der Waals surface area contributed by atoms with Gasteiger partial charge in [-0.3, -0.25) is 4.79 Å². The summed E-state index contributed by atoms with van der Waals surface area (Å²) < 4.78 is 11.8. The van der Waals surface area contributed by atoms with Gasteiger partial charge in [-0.25, -0.2) is 4.98 Å². The van der Waals surface area contributed by atoms with Gasteiger partial charge in [0, 0.05) is 21.9 Å². The molecule has 0 radical (unpaired) electrons. The highest BCUT2D eigenvalue weighted by molar-refractivity contribution is 7.14. The number of halogens is 1. The van der Waals surface area contributed by atoms with Crippen LogP contribution in [0.4, 0.5) is 0 Å². The smallest absolute Gasteiger partial charge is 0.309 e. The molecule has 0 unspecified atom stereocenters. The molecule has 3 aromatic heterocycles. The van der Waals surface area contributed by atoms with Gasteiger partial charge in [0.05, 0.1) is 22.7 Å². The molecular weight excluding hydrogens is 350 g/mol. The predicted octanol–water partition coefficient (Wildman–Crippen LogP) is 5.10. The minimum Gasteiger partial charge on any atom is -0.481 e. The van der Waals surface area contributed by atoms with Gasteiger partial charge >= 0.3 is 5.97 Å². The topological polar surface area (TPSA) is 76.5 Å². The molecule has 0 aliphatic rings. The summed E-state index contributed by atoms with van der Waals surface area (Å²) in [5, 5.41) is 11.9. The van der Waals surface area contributed by atoms with Crippen LogP contribution in [0.3, 0.4) is 0 Å². The number of aromatic nitrogens is 1. The molecule has 0 bridgehead atoms. The number of fused-ring (bicyclic) bond motifs is 1. The van der Waals surface area contributed by atoms with Crippen LogP contribution in [0, 0.1) is 0 Å². The first kappa shape index (κ1) is 15.0. The second-order valence-electron chi connectivity index (χ2n) is 5.18. The predicted molar refractivity (Wildman–Crippen MR) is 91.4 cm³/mol. The molecule has 0 fully saturated rings. The fraction of sp³-hybridized carbons (Fsp3) is 0.0588. The molecule has 24 heavy (non-hydrogen) atoms. The maximum Gasteiger partial charge on any atom is 0.309 e. The third-order valence-corrected chi connectivity index (χ3v) is 4.64. The number of carboxylic acids is 1. The summed E-state index contributed by atoms with van der Waals surface area (Å²) in [6.45, 7) is 0. The monoisotopic (exact) mass is 359 g/mol. The van der Waals surface area contributed by atoms with E-state index in [0.29, 0.717) is 21.7 Å². The number of carbonyl (C=O) groups is 1. The first-order chi connectivity index (χ1) is 11.6. The number of nitrogens with zero attached hydrogens (tertiary/aromatic N) is 1. The molecule has 0 spiro atoms. The molecule has 4 rings (SSSR count). The Morgan fingerprint density at radius 3 is 2.88 bits per heavy atom. The lowest BCUT2D eigenvalue weighted by Gasteiger charge is -1.96. The summed E-state index contributed by atoms with van der Waals surface area (Å²) in [6.07, 6.45) is 1.39. The van der Waals surface area contributed by atoms with Crippen LogP contribution in [0.5, 0.6) is 0 Å². The molecule has 1 aromatic carbocycles. The standard InChI is InChI=1S/C17H10ClNO4S/c18-14-6-11(8-24-14)16-12(7-15(20)21)19-17(23-16)10-1-2-13-9(5-10)3-4-22-13/h1-6,8H,7H2,(H,20,21). The molecular formula is C17H10ClNO4S. The lowest BCUT2D eigenvalue weighted by molar-refractivity contribution is -0.136. The highest BCUT2D eigenvalue weighted by atomic mass is 35.5. The Labute approximate surface area is 145 Å². The number of hydrogen-bond acceptors (Lipinski definition) is 5. The van der Waals surface area contributed by atoms with Gasteiger partial charge in [0.1, 0.15) is 5.58 Å². The van der Waals surface area contributed by atoms with Crippen molar-refractivity contribution in [3.63, 3.8) is 0 Å². The second kappa shape index (κ2) is 5.81. The summed E-state index contributed by atoms with van der Waals surface area (Å²) in [7, 11) is 0. The lowest BCUT2D eigenvalue weighted by atomic mass is 10.1. The number of thiophene rings is 1. The van der Waals surface area contributed by atoms with Gasteiger partial charge in [-0.1, -0.05) is 11.6 Å². The van der Waals surface area contributed by atoms with Crippen molar-refractivity contribution in [3.8, 4) is 22.8 Å². The van der Waals surface area contributed by atoms with Crippen LogP contribution in [-0.2, 0) is 11.2 Å². The highest BCUT2D eigenvalue weighted by Gasteiger charge is 2.20. The van der Waals surface area contributed by atoms with E-state index >= 15 is 0 Å².